The van der Waals surface area contributed by atoms with Crippen LogP contribution in [0.15, 0.2) is 0 Å². The van der Waals surface area contributed by atoms with Crippen LogP contribution < -0.4 is 5.32 Å². The first-order chi connectivity index (χ1) is 7.20. The van der Waals surface area contributed by atoms with Crippen molar-refractivity contribution < 1.29 is 5.11 Å². The van der Waals surface area contributed by atoms with Gasteiger partial charge in [0.15, 0.2) is 0 Å². The zero-order valence-corrected chi connectivity index (χ0v) is 10.2. The maximum Gasteiger partial charge on any atom is 0.0636 e. The molecule has 1 atom stereocenters. The molecule has 1 fully saturated rings. The summed E-state index contributed by atoms with van der Waals surface area (Å²) in [5.41, 5.74) is 0. The minimum absolute atomic E-state index is 0.224. The van der Waals surface area contributed by atoms with E-state index in [2.05, 4.69) is 17.3 Å². The number of rotatable bonds is 7. The van der Waals surface area contributed by atoms with Gasteiger partial charge in [-0.05, 0) is 46.3 Å². The Labute approximate surface area is 93.9 Å². The summed E-state index contributed by atoms with van der Waals surface area (Å²) in [6.07, 6.45) is 6.55. The molecule has 0 heterocycles. The Morgan fingerprint density at radius 1 is 1.40 bits per heavy atom. The molecule has 2 N–H and O–H groups in total. The van der Waals surface area contributed by atoms with Crippen molar-refractivity contribution in [3.8, 4) is 0 Å². The molecule has 0 saturated heterocycles. The lowest BCUT2D eigenvalue weighted by Crippen LogP contribution is -2.33. The minimum Gasteiger partial charge on any atom is -0.392 e. The molecular formula is C12H26N2O. The van der Waals surface area contributed by atoms with Crippen LogP contribution in [0.3, 0.4) is 0 Å². The van der Waals surface area contributed by atoms with Crippen molar-refractivity contribution in [2.75, 3.05) is 26.7 Å². The number of hydrogen-bond donors (Lipinski definition) is 2. The number of hydrogen-bond acceptors (Lipinski definition) is 3. The van der Waals surface area contributed by atoms with Crippen molar-refractivity contribution in [2.24, 2.45) is 0 Å². The fourth-order valence-corrected chi connectivity index (χ4v) is 2.29. The van der Waals surface area contributed by atoms with Gasteiger partial charge >= 0.3 is 0 Å². The molecule has 0 bridgehead atoms. The van der Waals surface area contributed by atoms with Crippen molar-refractivity contribution in [3.05, 3.63) is 0 Å². The second kappa shape index (κ2) is 7.20. The van der Waals surface area contributed by atoms with Crippen molar-refractivity contribution in [2.45, 2.75) is 51.2 Å². The number of aliphatic hydroxyl groups is 1. The van der Waals surface area contributed by atoms with Crippen LogP contribution in [-0.2, 0) is 0 Å². The largest absolute Gasteiger partial charge is 0.392 e. The zero-order chi connectivity index (χ0) is 11.1. The van der Waals surface area contributed by atoms with E-state index in [4.69, 9.17) is 5.11 Å². The first kappa shape index (κ1) is 12.9. The Hall–Kier alpha value is -0.120. The highest BCUT2D eigenvalue weighted by molar-refractivity contribution is 4.75. The Bertz CT molecular complexity index is 156. The van der Waals surface area contributed by atoms with Gasteiger partial charge in [0.05, 0.1) is 6.10 Å². The van der Waals surface area contributed by atoms with Gasteiger partial charge in [-0.15, -0.1) is 0 Å². The van der Waals surface area contributed by atoms with Gasteiger partial charge in [0.2, 0.25) is 0 Å². The number of aliphatic hydroxyl groups excluding tert-OH is 1. The third-order valence-electron chi connectivity index (χ3n) is 3.25. The van der Waals surface area contributed by atoms with Crippen molar-refractivity contribution in [3.63, 3.8) is 0 Å². The average Bonchev–Trinajstić information content (AvgIpc) is 2.69. The van der Waals surface area contributed by atoms with E-state index in [0.29, 0.717) is 6.54 Å². The van der Waals surface area contributed by atoms with Crippen LogP contribution in [0.4, 0.5) is 0 Å². The fourth-order valence-electron chi connectivity index (χ4n) is 2.29. The minimum atomic E-state index is -0.224. The fraction of sp³-hybridized carbons (Fsp3) is 1.00. The van der Waals surface area contributed by atoms with Crippen molar-refractivity contribution in [1.82, 2.24) is 10.2 Å². The van der Waals surface area contributed by atoms with Gasteiger partial charge in [0, 0.05) is 12.6 Å². The quantitative estimate of drug-likeness (QED) is 0.626. The summed E-state index contributed by atoms with van der Waals surface area (Å²) in [5.74, 6) is 0. The molecule has 15 heavy (non-hydrogen) atoms. The van der Waals surface area contributed by atoms with E-state index in [-0.39, 0.29) is 6.10 Å². The summed E-state index contributed by atoms with van der Waals surface area (Å²) >= 11 is 0. The predicted octanol–water partition coefficient (Wildman–Crippen LogP) is 1.22. The lowest BCUT2D eigenvalue weighted by molar-refractivity contribution is 0.189. The lowest BCUT2D eigenvalue weighted by atomic mass is 10.2. The van der Waals surface area contributed by atoms with Crippen LogP contribution in [0.2, 0.25) is 0 Å². The standard InChI is InChI=1S/C12H26N2O/c1-11(15)10-13-8-5-9-14(2)12-6-3-4-7-12/h11-13,15H,3-10H2,1-2H3. The highest BCUT2D eigenvalue weighted by Gasteiger charge is 2.18. The van der Waals surface area contributed by atoms with E-state index < -0.39 is 0 Å². The highest BCUT2D eigenvalue weighted by atomic mass is 16.3. The lowest BCUT2D eigenvalue weighted by Gasteiger charge is -2.23. The molecule has 1 rings (SSSR count). The zero-order valence-electron chi connectivity index (χ0n) is 10.2. The van der Waals surface area contributed by atoms with E-state index in [1.807, 2.05) is 6.92 Å². The van der Waals surface area contributed by atoms with E-state index in [1.54, 1.807) is 0 Å². The van der Waals surface area contributed by atoms with E-state index in [0.717, 1.165) is 12.6 Å². The van der Waals surface area contributed by atoms with Crippen LogP contribution in [0.1, 0.15) is 39.0 Å². The second-order valence-electron chi connectivity index (χ2n) is 4.83. The molecule has 3 heteroatoms. The van der Waals surface area contributed by atoms with Crippen molar-refractivity contribution in [1.29, 1.82) is 0 Å². The van der Waals surface area contributed by atoms with Gasteiger partial charge in [-0.3, -0.25) is 0 Å². The molecule has 0 aromatic heterocycles. The molecule has 1 aliphatic rings. The van der Waals surface area contributed by atoms with Crippen molar-refractivity contribution >= 4 is 0 Å². The van der Waals surface area contributed by atoms with Crippen LogP contribution in [0, 0.1) is 0 Å². The Morgan fingerprint density at radius 3 is 2.67 bits per heavy atom. The molecule has 1 unspecified atom stereocenters. The first-order valence-electron chi connectivity index (χ1n) is 6.29. The summed E-state index contributed by atoms with van der Waals surface area (Å²) in [4.78, 5) is 2.50. The molecule has 0 aliphatic heterocycles. The molecule has 0 aromatic rings. The van der Waals surface area contributed by atoms with Gasteiger partial charge in [-0.1, -0.05) is 12.8 Å². The summed E-state index contributed by atoms with van der Waals surface area (Å²) in [6.45, 7) is 4.73. The normalized spacial score (nSPS) is 20.0. The van der Waals surface area contributed by atoms with E-state index in [1.165, 1.54) is 38.6 Å². The van der Waals surface area contributed by atoms with Gasteiger partial charge in [-0.25, -0.2) is 0 Å². The molecule has 0 spiro atoms. The van der Waals surface area contributed by atoms with Crippen LogP contribution in [0.5, 0.6) is 0 Å². The highest BCUT2D eigenvalue weighted by Crippen LogP contribution is 2.22. The Balaban J connectivity index is 1.94. The third kappa shape index (κ3) is 5.50. The molecule has 1 saturated carbocycles. The molecule has 0 amide bonds. The smallest absolute Gasteiger partial charge is 0.0636 e. The summed E-state index contributed by atoms with van der Waals surface area (Å²) in [7, 11) is 2.24. The molecular weight excluding hydrogens is 188 g/mol. The van der Waals surface area contributed by atoms with Crippen LogP contribution in [0.25, 0.3) is 0 Å². The SMILES string of the molecule is CC(O)CNCCCN(C)C1CCCC1. The number of nitrogens with one attached hydrogen (secondary N) is 1. The Morgan fingerprint density at radius 2 is 2.07 bits per heavy atom. The van der Waals surface area contributed by atoms with Gasteiger partial charge < -0.3 is 15.3 Å². The topological polar surface area (TPSA) is 35.5 Å². The van der Waals surface area contributed by atoms with Crippen LogP contribution in [-0.4, -0.2) is 48.8 Å². The maximum absolute atomic E-state index is 9.06. The molecule has 90 valence electrons. The van der Waals surface area contributed by atoms with Gasteiger partial charge in [-0.2, -0.15) is 0 Å². The summed E-state index contributed by atoms with van der Waals surface area (Å²) < 4.78 is 0. The van der Waals surface area contributed by atoms with Crippen LogP contribution >= 0.6 is 0 Å². The monoisotopic (exact) mass is 214 g/mol. The molecule has 0 radical (unpaired) electrons. The van der Waals surface area contributed by atoms with E-state index >= 15 is 0 Å². The molecule has 1 aliphatic carbocycles. The third-order valence-corrected chi connectivity index (χ3v) is 3.25. The Kier molecular flexibility index (Phi) is 6.22. The first-order valence-corrected chi connectivity index (χ1v) is 6.29. The predicted molar refractivity (Wildman–Crippen MR) is 64.1 cm³/mol. The maximum atomic E-state index is 9.06. The van der Waals surface area contributed by atoms with E-state index in [9.17, 15) is 0 Å². The van der Waals surface area contributed by atoms with Gasteiger partial charge in [0.1, 0.15) is 0 Å². The van der Waals surface area contributed by atoms with Gasteiger partial charge in [0.25, 0.3) is 0 Å². The molecule has 3 nitrogen and oxygen atoms in total. The number of nitrogens with zero attached hydrogens (tertiary/aromatic N) is 1. The molecule has 0 aromatic carbocycles. The summed E-state index contributed by atoms with van der Waals surface area (Å²) in [5, 5.41) is 12.3. The second-order valence-corrected chi connectivity index (χ2v) is 4.83. The summed E-state index contributed by atoms with van der Waals surface area (Å²) in [6, 6.07) is 0.835. The average molecular weight is 214 g/mol.